The van der Waals surface area contributed by atoms with Crippen molar-refractivity contribution < 1.29 is 8.42 Å². The van der Waals surface area contributed by atoms with E-state index in [1.807, 2.05) is 6.92 Å². The van der Waals surface area contributed by atoms with Crippen molar-refractivity contribution in [3.63, 3.8) is 0 Å². The van der Waals surface area contributed by atoms with Gasteiger partial charge in [-0.15, -0.1) is 0 Å². The zero-order valence-electron chi connectivity index (χ0n) is 8.52. The van der Waals surface area contributed by atoms with E-state index in [1.165, 1.54) is 12.1 Å². The number of aromatic amines is 2. The smallest absolute Gasteiger partial charge is 0.312 e. The van der Waals surface area contributed by atoms with Crippen molar-refractivity contribution in [1.29, 1.82) is 0 Å². The maximum absolute atomic E-state index is 12.0. The molecular weight excluding hydrogens is 228 g/mol. The third kappa shape index (κ3) is 1.79. The van der Waals surface area contributed by atoms with Gasteiger partial charge in [-0.2, -0.15) is 0 Å². The zero-order chi connectivity index (χ0) is 11.8. The van der Waals surface area contributed by atoms with Gasteiger partial charge in [-0.3, -0.25) is 4.98 Å². The fourth-order valence-electron chi connectivity index (χ4n) is 1.30. The lowest BCUT2D eigenvalue weighted by molar-refractivity contribution is 0.593. The van der Waals surface area contributed by atoms with Gasteiger partial charge in [-0.25, -0.2) is 13.2 Å². The summed E-state index contributed by atoms with van der Waals surface area (Å²) < 4.78 is 23.9. The lowest BCUT2D eigenvalue weighted by Crippen LogP contribution is -2.06. The minimum absolute atomic E-state index is 0.124. The Labute approximate surface area is 92.1 Å². The van der Waals surface area contributed by atoms with Gasteiger partial charge in [0.2, 0.25) is 9.84 Å². The molecule has 1 heterocycles. The molecule has 5 nitrogen and oxygen atoms in total. The molecule has 0 fully saturated rings. The van der Waals surface area contributed by atoms with Crippen LogP contribution < -0.4 is 5.69 Å². The molecule has 1 aromatic carbocycles. The lowest BCUT2D eigenvalue weighted by atomic mass is 10.2. The number of aromatic nitrogens is 2. The molecule has 2 aromatic rings. The molecule has 0 spiro atoms. The molecule has 0 aliphatic carbocycles. The van der Waals surface area contributed by atoms with Crippen molar-refractivity contribution in [2.45, 2.75) is 16.8 Å². The minimum Gasteiger partial charge on any atom is -0.312 e. The van der Waals surface area contributed by atoms with Gasteiger partial charge in [0, 0.05) is 6.20 Å². The molecular formula is C10H10N2O3S. The Morgan fingerprint density at radius 1 is 1.12 bits per heavy atom. The molecule has 0 aliphatic heterocycles. The number of imidazole rings is 1. The van der Waals surface area contributed by atoms with Gasteiger partial charge < -0.3 is 4.98 Å². The molecule has 2 N–H and O–H groups in total. The second-order valence-corrected chi connectivity index (χ2v) is 5.34. The predicted molar refractivity (Wildman–Crippen MR) is 58.0 cm³/mol. The van der Waals surface area contributed by atoms with E-state index in [9.17, 15) is 13.2 Å². The Bertz CT molecular complexity index is 650. The summed E-state index contributed by atoms with van der Waals surface area (Å²) in [6, 6.07) is 6.43. The van der Waals surface area contributed by atoms with Gasteiger partial charge in [0.1, 0.15) is 0 Å². The van der Waals surface area contributed by atoms with Crippen LogP contribution in [0.5, 0.6) is 0 Å². The van der Waals surface area contributed by atoms with Crippen LogP contribution in [-0.4, -0.2) is 18.4 Å². The Kier molecular flexibility index (Phi) is 2.43. The number of sulfone groups is 1. The first-order valence-corrected chi connectivity index (χ1v) is 6.08. The normalized spacial score (nSPS) is 11.6. The number of hydrogen-bond donors (Lipinski definition) is 2. The number of rotatable bonds is 2. The number of aryl methyl sites for hydroxylation is 1. The molecule has 1 aromatic heterocycles. The van der Waals surface area contributed by atoms with Gasteiger partial charge in [0.15, 0.2) is 5.03 Å². The third-order valence-corrected chi connectivity index (χ3v) is 3.88. The van der Waals surface area contributed by atoms with E-state index in [-0.39, 0.29) is 9.92 Å². The Morgan fingerprint density at radius 2 is 1.75 bits per heavy atom. The first-order chi connectivity index (χ1) is 7.50. The Hall–Kier alpha value is -1.82. The highest BCUT2D eigenvalue weighted by molar-refractivity contribution is 7.91. The van der Waals surface area contributed by atoms with E-state index in [1.54, 1.807) is 12.1 Å². The van der Waals surface area contributed by atoms with Crippen molar-refractivity contribution >= 4 is 9.84 Å². The standard InChI is InChI=1S/C10H10N2O3S/c1-7-2-4-8(5-3-7)16(14,15)9-6-11-10(13)12-9/h2-6H,1H3,(H2,11,12,13). The van der Waals surface area contributed by atoms with Crippen molar-refractivity contribution in [3.8, 4) is 0 Å². The summed E-state index contributed by atoms with van der Waals surface area (Å²) in [4.78, 5) is 15.5. The predicted octanol–water partition coefficient (Wildman–Crippen LogP) is 0.844. The first kappa shape index (κ1) is 10.7. The molecule has 0 atom stereocenters. The maximum Gasteiger partial charge on any atom is 0.323 e. The van der Waals surface area contributed by atoms with Crippen LogP contribution in [0, 0.1) is 6.92 Å². The van der Waals surface area contributed by atoms with Gasteiger partial charge in [-0.1, -0.05) is 17.7 Å². The van der Waals surface area contributed by atoms with Crippen LogP contribution in [0.15, 0.2) is 45.2 Å². The molecule has 0 bridgehead atoms. The number of H-pyrrole nitrogens is 2. The topological polar surface area (TPSA) is 82.8 Å². The summed E-state index contributed by atoms with van der Waals surface area (Å²) in [6.07, 6.45) is 1.15. The average Bonchev–Trinajstić information content (AvgIpc) is 2.66. The summed E-state index contributed by atoms with van der Waals surface area (Å²) in [7, 11) is -3.62. The zero-order valence-corrected chi connectivity index (χ0v) is 9.34. The first-order valence-electron chi connectivity index (χ1n) is 4.59. The van der Waals surface area contributed by atoms with Crippen molar-refractivity contribution in [1.82, 2.24) is 9.97 Å². The SMILES string of the molecule is Cc1ccc(S(=O)(=O)c2c[nH]c(=O)[nH]2)cc1. The molecule has 2 rings (SSSR count). The number of benzene rings is 1. The van der Waals surface area contributed by atoms with Crippen molar-refractivity contribution in [3.05, 3.63) is 46.5 Å². The van der Waals surface area contributed by atoms with E-state index in [0.29, 0.717) is 0 Å². The van der Waals surface area contributed by atoms with E-state index >= 15 is 0 Å². The summed E-state index contributed by atoms with van der Waals surface area (Å²) in [5.41, 5.74) is 0.437. The average molecular weight is 238 g/mol. The fourth-order valence-corrected chi connectivity index (χ4v) is 2.49. The quantitative estimate of drug-likeness (QED) is 0.813. The molecule has 0 saturated carbocycles. The van der Waals surface area contributed by atoms with E-state index in [2.05, 4.69) is 9.97 Å². The summed E-state index contributed by atoms with van der Waals surface area (Å²) in [6.45, 7) is 1.87. The summed E-state index contributed by atoms with van der Waals surface area (Å²) in [5.74, 6) is 0. The molecule has 6 heteroatoms. The van der Waals surface area contributed by atoms with Gasteiger partial charge in [0.25, 0.3) is 0 Å². The van der Waals surface area contributed by atoms with Crippen LogP contribution in [0.2, 0.25) is 0 Å². The molecule has 16 heavy (non-hydrogen) atoms. The van der Waals surface area contributed by atoms with Crippen molar-refractivity contribution in [2.75, 3.05) is 0 Å². The second-order valence-electron chi connectivity index (χ2n) is 3.42. The maximum atomic E-state index is 12.0. The van der Waals surface area contributed by atoms with E-state index in [4.69, 9.17) is 0 Å². The fraction of sp³-hybridized carbons (Fsp3) is 0.100. The van der Waals surface area contributed by atoms with Gasteiger partial charge >= 0.3 is 5.69 Å². The Morgan fingerprint density at radius 3 is 2.25 bits per heavy atom. The van der Waals surface area contributed by atoms with Crippen LogP contribution >= 0.6 is 0 Å². The summed E-state index contributed by atoms with van der Waals surface area (Å²) >= 11 is 0. The van der Waals surface area contributed by atoms with Crippen LogP contribution in [0.4, 0.5) is 0 Å². The minimum atomic E-state index is -3.62. The second kappa shape index (κ2) is 3.64. The Balaban J connectivity index is 2.55. The van der Waals surface area contributed by atoms with Gasteiger partial charge in [-0.05, 0) is 19.1 Å². The number of nitrogens with one attached hydrogen (secondary N) is 2. The molecule has 0 aliphatic rings. The molecule has 0 amide bonds. The highest BCUT2D eigenvalue weighted by Gasteiger charge is 2.18. The molecule has 84 valence electrons. The van der Waals surface area contributed by atoms with Gasteiger partial charge in [0.05, 0.1) is 4.90 Å². The lowest BCUT2D eigenvalue weighted by Gasteiger charge is -2.01. The van der Waals surface area contributed by atoms with Crippen LogP contribution in [0.25, 0.3) is 0 Å². The van der Waals surface area contributed by atoms with E-state index < -0.39 is 15.5 Å². The largest absolute Gasteiger partial charge is 0.323 e. The molecule has 0 radical (unpaired) electrons. The van der Waals surface area contributed by atoms with Crippen LogP contribution in [0.3, 0.4) is 0 Å². The van der Waals surface area contributed by atoms with E-state index in [0.717, 1.165) is 11.8 Å². The van der Waals surface area contributed by atoms with Crippen LogP contribution in [0.1, 0.15) is 5.56 Å². The van der Waals surface area contributed by atoms with Crippen LogP contribution in [-0.2, 0) is 9.84 Å². The molecule has 0 unspecified atom stereocenters. The van der Waals surface area contributed by atoms with Crippen molar-refractivity contribution in [2.24, 2.45) is 0 Å². The monoisotopic (exact) mass is 238 g/mol. The summed E-state index contributed by atoms with van der Waals surface area (Å²) in [5, 5.41) is -0.124. The third-order valence-electron chi connectivity index (χ3n) is 2.19. The number of hydrogen-bond acceptors (Lipinski definition) is 3. The highest BCUT2D eigenvalue weighted by atomic mass is 32.2. The molecule has 0 saturated heterocycles. The highest BCUT2D eigenvalue weighted by Crippen LogP contribution is 2.17.